The molecule has 0 aliphatic carbocycles. The summed E-state index contributed by atoms with van der Waals surface area (Å²) in [5.41, 5.74) is -2.19. The predicted octanol–water partition coefficient (Wildman–Crippen LogP) is 3.89. The second-order valence-corrected chi connectivity index (χ2v) is 5.30. The lowest BCUT2D eigenvalue weighted by molar-refractivity contribution is -0.137. The van der Waals surface area contributed by atoms with Gasteiger partial charge in [0, 0.05) is 4.47 Å². The molecule has 1 atom stereocenters. The van der Waals surface area contributed by atoms with E-state index in [1.165, 1.54) is 6.92 Å². The molecule has 0 radical (unpaired) electrons. The van der Waals surface area contributed by atoms with Gasteiger partial charge in [0.2, 0.25) is 0 Å². The fourth-order valence-electron chi connectivity index (χ4n) is 1.39. The zero-order valence-corrected chi connectivity index (χ0v) is 12.4. The minimum atomic E-state index is -4.53. The van der Waals surface area contributed by atoms with Gasteiger partial charge in [-0.1, -0.05) is 6.92 Å². The Hall–Kier alpha value is -1.55. The van der Waals surface area contributed by atoms with E-state index < -0.39 is 23.2 Å². The largest absolute Gasteiger partial charge is 0.416 e. The molecule has 108 valence electrons. The molecule has 0 fully saturated rings. The first-order chi connectivity index (χ1) is 9.13. The maximum atomic E-state index is 12.6. The molecule has 0 aromatic heterocycles. The van der Waals surface area contributed by atoms with Crippen molar-refractivity contribution in [1.82, 2.24) is 5.32 Å². The van der Waals surface area contributed by atoms with Crippen LogP contribution in [-0.4, -0.2) is 11.4 Å². The first kappa shape index (κ1) is 16.5. The van der Waals surface area contributed by atoms with Gasteiger partial charge >= 0.3 is 6.18 Å². The SMILES string of the molecule is CCC(C)(C#N)NC(=O)c1cc(C(F)(F)F)ccc1Br. The van der Waals surface area contributed by atoms with Crippen LogP contribution in [0, 0.1) is 11.3 Å². The predicted molar refractivity (Wildman–Crippen MR) is 70.9 cm³/mol. The first-order valence-electron chi connectivity index (χ1n) is 5.73. The van der Waals surface area contributed by atoms with Crippen LogP contribution in [0.5, 0.6) is 0 Å². The van der Waals surface area contributed by atoms with Crippen LogP contribution in [0.4, 0.5) is 13.2 Å². The normalized spacial score (nSPS) is 14.2. The van der Waals surface area contributed by atoms with Crippen LogP contribution < -0.4 is 5.32 Å². The number of rotatable bonds is 3. The fraction of sp³-hybridized carbons (Fsp3) is 0.385. The molecular weight excluding hydrogens is 337 g/mol. The van der Waals surface area contributed by atoms with Gasteiger partial charge in [0.25, 0.3) is 5.91 Å². The highest BCUT2D eigenvalue weighted by atomic mass is 79.9. The monoisotopic (exact) mass is 348 g/mol. The summed E-state index contributed by atoms with van der Waals surface area (Å²) < 4.78 is 38.1. The van der Waals surface area contributed by atoms with Crippen LogP contribution in [0.2, 0.25) is 0 Å². The molecule has 0 aliphatic heterocycles. The Morgan fingerprint density at radius 2 is 2.05 bits per heavy atom. The van der Waals surface area contributed by atoms with Gasteiger partial charge in [0.15, 0.2) is 0 Å². The number of carbonyl (C=O) groups is 1. The summed E-state index contributed by atoms with van der Waals surface area (Å²) in [6, 6.07) is 4.72. The molecular formula is C13H12BrF3N2O. The van der Waals surface area contributed by atoms with E-state index in [4.69, 9.17) is 5.26 Å². The summed E-state index contributed by atoms with van der Waals surface area (Å²) in [4.78, 5) is 12.0. The van der Waals surface area contributed by atoms with Crippen LogP contribution in [-0.2, 0) is 6.18 Å². The van der Waals surface area contributed by atoms with Crippen LogP contribution in [0.3, 0.4) is 0 Å². The number of alkyl halides is 3. The Morgan fingerprint density at radius 1 is 1.45 bits per heavy atom. The molecule has 0 heterocycles. The molecule has 0 aliphatic rings. The second-order valence-electron chi connectivity index (χ2n) is 4.44. The van der Waals surface area contributed by atoms with E-state index in [-0.39, 0.29) is 10.0 Å². The lowest BCUT2D eigenvalue weighted by Gasteiger charge is -2.22. The number of benzene rings is 1. The van der Waals surface area contributed by atoms with Crippen LogP contribution in [0.1, 0.15) is 36.2 Å². The van der Waals surface area contributed by atoms with Gasteiger partial charge in [0.05, 0.1) is 17.2 Å². The molecule has 0 saturated heterocycles. The smallest absolute Gasteiger partial charge is 0.334 e. The Bertz CT molecular complexity index is 566. The van der Waals surface area contributed by atoms with Gasteiger partial charge in [-0.2, -0.15) is 18.4 Å². The summed E-state index contributed by atoms with van der Waals surface area (Å²) in [6.45, 7) is 3.21. The van der Waals surface area contributed by atoms with Gasteiger partial charge in [0.1, 0.15) is 5.54 Å². The minimum Gasteiger partial charge on any atom is -0.334 e. The fourth-order valence-corrected chi connectivity index (χ4v) is 1.82. The number of hydrogen-bond acceptors (Lipinski definition) is 2. The number of carbonyl (C=O) groups excluding carboxylic acids is 1. The molecule has 1 aromatic carbocycles. The molecule has 1 aromatic rings. The van der Waals surface area contributed by atoms with E-state index in [0.29, 0.717) is 6.42 Å². The molecule has 0 bridgehead atoms. The van der Waals surface area contributed by atoms with Crippen molar-refractivity contribution in [1.29, 1.82) is 5.26 Å². The van der Waals surface area contributed by atoms with Gasteiger partial charge < -0.3 is 5.32 Å². The third-order valence-electron chi connectivity index (χ3n) is 2.88. The summed E-state index contributed by atoms with van der Waals surface area (Å²) >= 11 is 3.04. The standard InChI is InChI=1S/C13H12BrF3N2O/c1-3-12(2,7-18)19-11(20)9-6-8(13(15,16)17)4-5-10(9)14/h4-6H,3H2,1-2H3,(H,19,20). The number of hydrogen-bond donors (Lipinski definition) is 1. The lowest BCUT2D eigenvalue weighted by atomic mass is 10.00. The number of nitrogens with zero attached hydrogens (tertiary/aromatic N) is 1. The zero-order valence-electron chi connectivity index (χ0n) is 10.8. The summed E-state index contributed by atoms with van der Waals surface area (Å²) in [6.07, 6.45) is -4.19. The molecule has 1 amide bonds. The van der Waals surface area contributed by atoms with Gasteiger partial charge in [-0.25, -0.2) is 0 Å². The van der Waals surface area contributed by atoms with E-state index >= 15 is 0 Å². The van der Waals surface area contributed by atoms with Crippen molar-refractivity contribution in [3.8, 4) is 6.07 Å². The van der Waals surface area contributed by atoms with Crippen LogP contribution in [0.25, 0.3) is 0 Å². The zero-order chi connectivity index (χ0) is 15.6. The molecule has 0 saturated carbocycles. The average Bonchev–Trinajstić information content (AvgIpc) is 2.37. The Kier molecular flexibility index (Phi) is 4.81. The van der Waals surface area contributed by atoms with E-state index in [1.807, 2.05) is 6.07 Å². The number of nitrogens with one attached hydrogen (secondary N) is 1. The molecule has 3 nitrogen and oxygen atoms in total. The van der Waals surface area contributed by atoms with E-state index in [0.717, 1.165) is 18.2 Å². The molecule has 0 spiro atoms. The molecule has 7 heteroatoms. The van der Waals surface area contributed by atoms with Crippen molar-refractivity contribution in [2.75, 3.05) is 0 Å². The second kappa shape index (κ2) is 5.83. The van der Waals surface area contributed by atoms with Crippen LogP contribution >= 0.6 is 15.9 Å². The van der Waals surface area contributed by atoms with Crippen molar-refractivity contribution in [2.24, 2.45) is 0 Å². The molecule has 1 rings (SSSR count). The quantitative estimate of drug-likeness (QED) is 0.900. The van der Waals surface area contributed by atoms with Gasteiger partial charge in [-0.3, -0.25) is 4.79 Å². The first-order valence-corrected chi connectivity index (χ1v) is 6.53. The summed E-state index contributed by atoms with van der Waals surface area (Å²) in [7, 11) is 0. The highest BCUT2D eigenvalue weighted by molar-refractivity contribution is 9.10. The number of nitriles is 1. The lowest BCUT2D eigenvalue weighted by Crippen LogP contribution is -2.44. The Labute approximate surface area is 122 Å². The summed E-state index contributed by atoms with van der Waals surface area (Å²) in [5.74, 6) is -0.728. The Morgan fingerprint density at radius 3 is 2.50 bits per heavy atom. The topological polar surface area (TPSA) is 52.9 Å². The minimum absolute atomic E-state index is 0.158. The van der Waals surface area contributed by atoms with Crippen LogP contribution in [0.15, 0.2) is 22.7 Å². The molecule has 20 heavy (non-hydrogen) atoms. The number of halogens is 4. The average molecular weight is 349 g/mol. The van der Waals surface area contributed by atoms with E-state index in [2.05, 4.69) is 21.2 Å². The van der Waals surface area contributed by atoms with E-state index in [9.17, 15) is 18.0 Å². The maximum absolute atomic E-state index is 12.6. The number of amides is 1. The highest BCUT2D eigenvalue weighted by Gasteiger charge is 2.32. The maximum Gasteiger partial charge on any atom is 0.416 e. The summed E-state index contributed by atoms with van der Waals surface area (Å²) in [5, 5.41) is 11.4. The van der Waals surface area contributed by atoms with Gasteiger partial charge in [-0.05, 0) is 47.5 Å². The van der Waals surface area contributed by atoms with Crippen molar-refractivity contribution in [2.45, 2.75) is 32.0 Å². The van der Waals surface area contributed by atoms with Crippen molar-refractivity contribution >= 4 is 21.8 Å². The molecule has 1 N–H and O–H groups in total. The third kappa shape index (κ3) is 3.73. The van der Waals surface area contributed by atoms with E-state index in [1.54, 1.807) is 6.92 Å². The van der Waals surface area contributed by atoms with Crippen molar-refractivity contribution in [3.63, 3.8) is 0 Å². The Balaban J connectivity index is 3.14. The third-order valence-corrected chi connectivity index (χ3v) is 3.57. The highest BCUT2D eigenvalue weighted by Crippen LogP contribution is 2.32. The van der Waals surface area contributed by atoms with Crippen molar-refractivity contribution < 1.29 is 18.0 Å². The van der Waals surface area contributed by atoms with Gasteiger partial charge in [-0.15, -0.1) is 0 Å². The molecule has 1 unspecified atom stereocenters. The van der Waals surface area contributed by atoms with Crippen molar-refractivity contribution in [3.05, 3.63) is 33.8 Å².